The molecule has 2 rings (SSSR count). The van der Waals surface area contributed by atoms with Crippen molar-refractivity contribution in [2.45, 2.75) is 38.8 Å². The number of pyridine rings is 1. The first-order valence-electron chi connectivity index (χ1n) is 6.74. The van der Waals surface area contributed by atoms with E-state index in [1.165, 1.54) is 12.3 Å². The van der Waals surface area contributed by atoms with E-state index in [1.807, 2.05) is 16.9 Å². The van der Waals surface area contributed by atoms with E-state index in [2.05, 4.69) is 29.4 Å². The van der Waals surface area contributed by atoms with Crippen molar-refractivity contribution >= 4 is 0 Å². The molecule has 2 aromatic heterocycles. The lowest BCUT2D eigenvalue weighted by Crippen LogP contribution is -2.30. The molecule has 5 nitrogen and oxygen atoms in total. The molecule has 2 aromatic rings. The third-order valence-corrected chi connectivity index (χ3v) is 3.45. The zero-order valence-electron chi connectivity index (χ0n) is 11.8. The predicted octanol–water partition coefficient (Wildman–Crippen LogP) is 2.14. The Morgan fingerprint density at radius 2 is 2.25 bits per heavy atom. The molecule has 0 aliphatic heterocycles. The van der Waals surface area contributed by atoms with Crippen LogP contribution in [0, 0.1) is 5.82 Å². The molecular weight excluding hydrogens is 257 g/mol. The van der Waals surface area contributed by atoms with Crippen LogP contribution in [0.1, 0.15) is 43.6 Å². The van der Waals surface area contributed by atoms with Crippen molar-refractivity contribution in [1.29, 1.82) is 0 Å². The summed E-state index contributed by atoms with van der Waals surface area (Å²) in [5.41, 5.74) is 4.32. The van der Waals surface area contributed by atoms with Crippen LogP contribution >= 0.6 is 0 Å². The minimum Gasteiger partial charge on any atom is -0.271 e. The molecule has 0 bridgehead atoms. The number of rotatable bonds is 6. The van der Waals surface area contributed by atoms with Gasteiger partial charge in [-0.1, -0.05) is 6.92 Å². The summed E-state index contributed by atoms with van der Waals surface area (Å²) < 4.78 is 15.1. The van der Waals surface area contributed by atoms with Crippen LogP contribution in [0.2, 0.25) is 0 Å². The Morgan fingerprint density at radius 1 is 1.45 bits per heavy atom. The molecule has 20 heavy (non-hydrogen) atoms. The minimum absolute atomic E-state index is 0.210. The van der Waals surface area contributed by atoms with Crippen molar-refractivity contribution < 1.29 is 4.39 Å². The largest absolute Gasteiger partial charge is 0.271 e. The Morgan fingerprint density at radius 3 is 2.90 bits per heavy atom. The van der Waals surface area contributed by atoms with Crippen LogP contribution in [0.4, 0.5) is 4.39 Å². The maximum absolute atomic E-state index is 13.2. The molecule has 0 saturated carbocycles. The van der Waals surface area contributed by atoms with Crippen molar-refractivity contribution in [3.05, 3.63) is 47.8 Å². The third kappa shape index (κ3) is 3.40. The van der Waals surface area contributed by atoms with Crippen LogP contribution < -0.4 is 11.3 Å². The normalized spacial score (nSPS) is 14.2. The van der Waals surface area contributed by atoms with E-state index in [4.69, 9.17) is 5.84 Å². The Balaban J connectivity index is 2.12. The summed E-state index contributed by atoms with van der Waals surface area (Å²) in [6, 6.07) is 3.55. The van der Waals surface area contributed by atoms with E-state index in [-0.39, 0.29) is 11.9 Å². The second-order valence-electron chi connectivity index (χ2n) is 4.90. The summed E-state index contributed by atoms with van der Waals surface area (Å²) in [6.45, 7) is 4.24. The zero-order valence-corrected chi connectivity index (χ0v) is 11.8. The molecule has 2 unspecified atom stereocenters. The van der Waals surface area contributed by atoms with Gasteiger partial charge in [0.2, 0.25) is 0 Å². The monoisotopic (exact) mass is 277 g/mol. The number of nitrogens with zero attached hydrogens (tertiary/aromatic N) is 3. The number of hydrogen-bond donors (Lipinski definition) is 2. The van der Waals surface area contributed by atoms with E-state index in [9.17, 15) is 4.39 Å². The molecule has 6 heteroatoms. The van der Waals surface area contributed by atoms with Crippen molar-refractivity contribution in [2.75, 3.05) is 0 Å². The van der Waals surface area contributed by atoms with Gasteiger partial charge in [-0.15, -0.1) is 0 Å². The molecular formula is C14H20FN5. The zero-order chi connectivity index (χ0) is 14.5. The average molecular weight is 277 g/mol. The highest BCUT2D eigenvalue weighted by Crippen LogP contribution is 2.18. The fourth-order valence-corrected chi connectivity index (χ4v) is 2.02. The highest BCUT2D eigenvalue weighted by molar-refractivity contribution is 5.17. The van der Waals surface area contributed by atoms with Gasteiger partial charge in [-0.2, -0.15) is 5.10 Å². The van der Waals surface area contributed by atoms with Crippen LogP contribution in [-0.2, 0) is 6.42 Å². The molecule has 3 N–H and O–H groups in total. The van der Waals surface area contributed by atoms with Gasteiger partial charge in [0.05, 0.1) is 17.9 Å². The topological polar surface area (TPSA) is 68.8 Å². The van der Waals surface area contributed by atoms with Gasteiger partial charge in [0.1, 0.15) is 5.82 Å². The highest BCUT2D eigenvalue weighted by atomic mass is 19.1. The van der Waals surface area contributed by atoms with Crippen molar-refractivity contribution in [3.63, 3.8) is 0 Å². The Bertz CT molecular complexity index is 554. The molecule has 0 amide bonds. The van der Waals surface area contributed by atoms with Gasteiger partial charge in [0, 0.05) is 24.9 Å². The lowest BCUT2D eigenvalue weighted by atomic mass is 10.0. The fourth-order valence-electron chi connectivity index (χ4n) is 2.02. The fraction of sp³-hybridized carbons (Fsp3) is 0.429. The molecule has 108 valence electrons. The van der Waals surface area contributed by atoms with Crippen LogP contribution in [-0.4, -0.2) is 14.8 Å². The molecule has 2 atom stereocenters. The highest BCUT2D eigenvalue weighted by Gasteiger charge is 2.14. The van der Waals surface area contributed by atoms with Gasteiger partial charge >= 0.3 is 0 Å². The van der Waals surface area contributed by atoms with Gasteiger partial charge in [-0.05, 0) is 31.0 Å². The number of hydrogen-bond acceptors (Lipinski definition) is 4. The summed E-state index contributed by atoms with van der Waals surface area (Å²) >= 11 is 0. The Labute approximate surface area is 118 Å². The molecule has 0 aromatic carbocycles. The van der Waals surface area contributed by atoms with Gasteiger partial charge < -0.3 is 0 Å². The van der Waals surface area contributed by atoms with Crippen LogP contribution in [0.25, 0.3) is 0 Å². The Kier molecular flexibility index (Phi) is 4.81. The summed E-state index contributed by atoms with van der Waals surface area (Å²) in [6.07, 6.45) is 6.35. The lowest BCUT2D eigenvalue weighted by Gasteiger charge is -2.15. The number of nitrogens with one attached hydrogen (secondary N) is 1. The molecule has 0 aliphatic carbocycles. The molecule has 0 spiro atoms. The van der Waals surface area contributed by atoms with Crippen LogP contribution in [0.5, 0.6) is 0 Å². The first-order valence-corrected chi connectivity index (χ1v) is 6.74. The first-order chi connectivity index (χ1) is 9.63. The minimum atomic E-state index is -0.368. The summed E-state index contributed by atoms with van der Waals surface area (Å²) in [5, 5.41) is 4.52. The van der Waals surface area contributed by atoms with E-state index < -0.39 is 0 Å². The molecule has 0 saturated heterocycles. The molecule has 0 radical (unpaired) electrons. The standard InChI is InChI=1S/C14H20FN5/c1-3-10(2)20-5-4-13(19-20)7-14(18-16)11-6-12(15)9-17-8-11/h4-6,8-10,14,18H,3,7,16H2,1-2H3. The molecule has 2 heterocycles. The number of aromatic nitrogens is 3. The SMILES string of the molecule is CCC(C)n1ccc(CC(NN)c2cncc(F)c2)n1. The van der Waals surface area contributed by atoms with Gasteiger partial charge in [-0.25, -0.2) is 4.39 Å². The Hall–Kier alpha value is -1.79. The van der Waals surface area contributed by atoms with Gasteiger partial charge in [0.25, 0.3) is 0 Å². The van der Waals surface area contributed by atoms with E-state index in [0.717, 1.165) is 12.1 Å². The van der Waals surface area contributed by atoms with Crippen molar-refractivity contribution in [2.24, 2.45) is 5.84 Å². The van der Waals surface area contributed by atoms with Crippen molar-refractivity contribution in [1.82, 2.24) is 20.2 Å². The number of hydrazine groups is 1. The van der Waals surface area contributed by atoms with E-state index in [1.54, 1.807) is 6.20 Å². The molecule has 0 fully saturated rings. The lowest BCUT2D eigenvalue weighted by molar-refractivity contribution is 0.466. The van der Waals surface area contributed by atoms with Crippen LogP contribution in [0.3, 0.4) is 0 Å². The second kappa shape index (κ2) is 6.58. The maximum Gasteiger partial charge on any atom is 0.141 e. The average Bonchev–Trinajstić information content (AvgIpc) is 2.92. The van der Waals surface area contributed by atoms with E-state index in [0.29, 0.717) is 18.0 Å². The summed E-state index contributed by atoms with van der Waals surface area (Å²) in [4.78, 5) is 3.85. The van der Waals surface area contributed by atoms with Crippen LogP contribution in [0.15, 0.2) is 30.7 Å². The molecule has 0 aliphatic rings. The van der Waals surface area contributed by atoms with Gasteiger partial charge in [0.15, 0.2) is 0 Å². The van der Waals surface area contributed by atoms with Gasteiger partial charge in [-0.3, -0.25) is 20.9 Å². The second-order valence-corrected chi connectivity index (χ2v) is 4.90. The summed E-state index contributed by atoms with van der Waals surface area (Å²) in [7, 11) is 0. The number of halogens is 1. The quantitative estimate of drug-likeness (QED) is 0.627. The maximum atomic E-state index is 13.2. The predicted molar refractivity (Wildman–Crippen MR) is 75.2 cm³/mol. The smallest absolute Gasteiger partial charge is 0.141 e. The van der Waals surface area contributed by atoms with Crippen molar-refractivity contribution in [3.8, 4) is 0 Å². The van der Waals surface area contributed by atoms with E-state index >= 15 is 0 Å². The third-order valence-electron chi connectivity index (χ3n) is 3.45. The first kappa shape index (κ1) is 14.6. The number of nitrogens with two attached hydrogens (primary N) is 1. The summed E-state index contributed by atoms with van der Waals surface area (Å²) in [5.74, 6) is 5.19.